The third-order valence-electron chi connectivity index (χ3n) is 4.25. The van der Waals surface area contributed by atoms with Gasteiger partial charge in [0.2, 0.25) is 11.8 Å². The second-order valence-corrected chi connectivity index (χ2v) is 8.04. The minimum absolute atomic E-state index is 0.0467. The maximum Gasteiger partial charge on any atom is 0.408 e. The maximum atomic E-state index is 12.3. The largest absolute Gasteiger partial charge is 0.457 e. The summed E-state index contributed by atoms with van der Waals surface area (Å²) in [6.07, 6.45) is -0.474. The molecule has 0 bridgehead atoms. The first kappa shape index (κ1) is 22.1. The Morgan fingerprint density at radius 3 is 2.45 bits per heavy atom. The van der Waals surface area contributed by atoms with E-state index in [2.05, 4.69) is 16.0 Å². The molecule has 2 aromatic rings. The van der Waals surface area contributed by atoms with Gasteiger partial charge in [0.05, 0.1) is 13.0 Å². The van der Waals surface area contributed by atoms with Crippen molar-refractivity contribution in [2.45, 2.75) is 38.8 Å². The summed E-state index contributed by atoms with van der Waals surface area (Å²) in [5.74, 6) is 0.502. The maximum absolute atomic E-state index is 12.3. The summed E-state index contributed by atoms with van der Waals surface area (Å²) in [7, 11) is 0. The Morgan fingerprint density at radius 2 is 1.81 bits per heavy atom. The standard InChI is InChI=1S/C22H25N3O6/c1-22(2,3)31-21(29)25-18(12-26)20(28)23-14-4-6-15(7-5-14)30-16-8-9-17-13(10-16)11-19(27)24-17/h4-10,18,26H,11-12H2,1-3H3,(H,23,28)(H,24,27)(H,25,29)/t18-/m0/s1. The molecule has 0 aliphatic carbocycles. The first-order valence-corrected chi connectivity index (χ1v) is 9.75. The number of alkyl carbamates (subject to hydrolysis) is 1. The number of rotatable bonds is 6. The van der Waals surface area contributed by atoms with Gasteiger partial charge in [-0.25, -0.2) is 4.79 Å². The van der Waals surface area contributed by atoms with Crippen LogP contribution < -0.4 is 20.7 Å². The normalized spacial score (nSPS) is 13.6. The summed E-state index contributed by atoms with van der Waals surface area (Å²) in [6, 6.07) is 10.8. The summed E-state index contributed by atoms with van der Waals surface area (Å²) in [5.41, 5.74) is 1.40. The zero-order valence-corrected chi connectivity index (χ0v) is 17.5. The number of fused-ring (bicyclic) bond motifs is 1. The predicted molar refractivity (Wildman–Crippen MR) is 114 cm³/mol. The third kappa shape index (κ3) is 6.19. The first-order chi connectivity index (χ1) is 14.6. The SMILES string of the molecule is CC(C)(C)OC(=O)N[C@@H](CO)C(=O)Nc1ccc(Oc2ccc3c(c2)CC(=O)N3)cc1. The minimum Gasteiger partial charge on any atom is -0.457 e. The van der Waals surface area contributed by atoms with Crippen LogP contribution in [0.4, 0.5) is 16.2 Å². The topological polar surface area (TPSA) is 126 Å². The van der Waals surface area contributed by atoms with Crippen molar-refractivity contribution in [1.29, 1.82) is 0 Å². The number of amides is 3. The Labute approximate surface area is 179 Å². The molecule has 0 aromatic heterocycles. The molecule has 4 N–H and O–H groups in total. The number of aliphatic hydroxyl groups is 1. The van der Waals surface area contributed by atoms with Gasteiger partial charge < -0.3 is 30.5 Å². The molecule has 3 rings (SSSR count). The molecule has 1 heterocycles. The number of carbonyl (C=O) groups excluding carboxylic acids is 3. The van der Waals surface area contributed by atoms with Gasteiger partial charge in [-0.15, -0.1) is 0 Å². The Kier molecular flexibility index (Phi) is 6.45. The van der Waals surface area contributed by atoms with Crippen molar-refractivity contribution in [3.8, 4) is 11.5 Å². The molecule has 0 saturated heterocycles. The molecule has 1 aliphatic heterocycles. The van der Waals surface area contributed by atoms with Crippen molar-refractivity contribution in [2.24, 2.45) is 0 Å². The molecule has 2 aromatic carbocycles. The molecule has 9 nitrogen and oxygen atoms in total. The van der Waals surface area contributed by atoms with Gasteiger partial charge in [-0.1, -0.05) is 0 Å². The number of aliphatic hydroxyl groups excluding tert-OH is 1. The lowest BCUT2D eigenvalue weighted by Gasteiger charge is -2.22. The molecule has 0 fully saturated rings. The molecular weight excluding hydrogens is 402 g/mol. The molecule has 9 heteroatoms. The molecule has 0 saturated carbocycles. The van der Waals surface area contributed by atoms with Crippen LogP contribution in [0.2, 0.25) is 0 Å². The zero-order chi connectivity index (χ0) is 22.6. The molecule has 1 atom stereocenters. The Morgan fingerprint density at radius 1 is 1.13 bits per heavy atom. The fourth-order valence-corrected chi connectivity index (χ4v) is 2.88. The van der Waals surface area contributed by atoms with E-state index in [1.165, 1.54) is 0 Å². The first-order valence-electron chi connectivity index (χ1n) is 9.75. The van der Waals surface area contributed by atoms with E-state index in [0.717, 1.165) is 11.3 Å². The lowest BCUT2D eigenvalue weighted by atomic mass is 10.1. The third-order valence-corrected chi connectivity index (χ3v) is 4.25. The summed E-state index contributed by atoms with van der Waals surface area (Å²) in [6.45, 7) is 4.51. The van der Waals surface area contributed by atoms with E-state index >= 15 is 0 Å². The summed E-state index contributed by atoms with van der Waals surface area (Å²) < 4.78 is 10.9. The van der Waals surface area contributed by atoms with E-state index in [1.807, 2.05) is 0 Å². The number of anilines is 2. The zero-order valence-electron chi connectivity index (χ0n) is 17.5. The average molecular weight is 427 g/mol. The average Bonchev–Trinajstić information content (AvgIpc) is 3.05. The van der Waals surface area contributed by atoms with Crippen LogP contribution in [-0.4, -0.2) is 41.3 Å². The molecule has 0 unspecified atom stereocenters. The molecule has 31 heavy (non-hydrogen) atoms. The van der Waals surface area contributed by atoms with Gasteiger partial charge in [0.15, 0.2) is 0 Å². The van der Waals surface area contributed by atoms with Gasteiger partial charge in [-0.3, -0.25) is 9.59 Å². The molecule has 0 radical (unpaired) electrons. The van der Waals surface area contributed by atoms with E-state index in [4.69, 9.17) is 9.47 Å². The minimum atomic E-state index is -1.16. The molecule has 0 spiro atoms. The predicted octanol–water partition coefficient (Wildman–Crippen LogP) is 2.80. The van der Waals surface area contributed by atoms with E-state index < -0.39 is 30.3 Å². The van der Waals surface area contributed by atoms with Crippen LogP contribution in [0.25, 0.3) is 0 Å². The van der Waals surface area contributed by atoms with Crippen LogP contribution in [0.1, 0.15) is 26.3 Å². The van der Waals surface area contributed by atoms with Crippen molar-refractivity contribution in [3.63, 3.8) is 0 Å². The van der Waals surface area contributed by atoms with Crippen molar-refractivity contribution < 1.29 is 29.0 Å². The van der Waals surface area contributed by atoms with Gasteiger partial charge in [-0.2, -0.15) is 0 Å². The number of hydrogen-bond acceptors (Lipinski definition) is 6. The van der Waals surface area contributed by atoms with E-state index in [0.29, 0.717) is 23.6 Å². The number of hydrogen-bond donors (Lipinski definition) is 4. The Bertz CT molecular complexity index is 982. The second kappa shape index (κ2) is 9.05. The lowest BCUT2D eigenvalue weighted by molar-refractivity contribution is -0.119. The van der Waals surface area contributed by atoms with Crippen molar-refractivity contribution in [1.82, 2.24) is 5.32 Å². The molecule has 3 amide bonds. The highest BCUT2D eigenvalue weighted by Gasteiger charge is 2.24. The van der Waals surface area contributed by atoms with Gasteiger partial charge in [-0.05, 0) is 68.8 Å². The molecule has 164 valence electrons. The van der Waals surface area contributed by atoms with Gasteiger partial charge in [0.25, 0.3) is 0 Å². The highest BCUT2D eigenvalue weighted by atomic mass is 16.6. The fourth-order valence-electron chi connectivity index (χ4n) is 2.88. The van der Waals surface area contributed by atoms with E-state index in [9.17, 15) is 19.5 Å². The highest BCUT2D eigenvalue weighted by molar-refractivity contribution is 5.99. The van der Waals surface area contributed by atoms with Crippen LogP contribution in [0.15, 0.2) is 42.5 Å². The van der Waals surface area contributed by atoms with Crippen molar-refractivity contribution >= 4 is 29.3 Å². The highest BCUT2D eigenvalue weighted by Crippen LogP contribution is 2.30. The molecule has 1 aliphatic rings. The lowest BCUT2D eigenvalue weighted by Crippen LogP contribution is -2.47. The van der Waals surface area contributed by atoms with E-state index in [-0.39, 0.29) is 5.91 Å². The smallest absolute Gasteiger partial charge is 0.408 e. The van der Waals surface area contributed by atoms with Crippen LogP contribution >= 0.6 is 0 Å². The van der Waals surface area contributed by atoms with Crippen LogP contribution in [0.5, 0.6) is 11.5 Å². The van der Waals surface area contributed by atoms with Crippen LogP contribution in [-0.2, 0) is 20.7 Å². The number of ether oxygens (including phenoxy) is 2. The number of benzene rings is 2. The van der Waals surface area contributed by atoms with Crippen LogP contribution in [0, 0.1) is 0 Å². The molecular formula is C22H25N3O6. The van der Waals surface area contributed by atoms with Crippen molar-refractivity contribution in [3.05, 3.63) is 48.0 Å². The summed E-state index contributed by atoms with van der Waals surface area (Å²) in [4.78, 5) is 35.6. The summed E-state index contributed by atoms with van der Waals surface area (Å²) >= 11 is 0. The monoisotopic (exact) mass is 427 g/mol. The van der Waals surface area contributed by atoms with Gasteiger partial charge in [0.1, 0.15) is 23.1 Å². The Hall–Kier alpha value is -3.59. The summed E-state index contributed by atoms with van der Waals surface area (Å²) in [5, 5.41) is 17.2. The quantitative estimate of drug-likeness (QED) is 0.562. The number of carbonyl (C=O) groups is 3. The van der Waals surface area contributed by atoms with Gasteiger partial charge in [0, 0.05) is 11.4 Å². The van der Waals surface area contributed by atoms with E-state index in [1.54, 1.807) is 63.2 Å². The fraction of sp³-hybridized carbons (Fsp3) is 0.318. The number of nitrogens with one attached hydrogen (secondary N) is 3. The second-order valence-electron chi connectivity index (χ2n) is 8.04. The van der Waals surface area contributed by atoms with Crippen LogP contribution in [0.3, 0.4) is 0 Å². The van der Waals surface area contributed by atoms with Crippen molar-refractivity contribution in [2.75, 3.05) is 17.2 Å². The Balaban J connectivity index is 1.57. The van der Waals surface area contributed by atoms with Gasteiger partial charge >= 0.3 is 6.09 Å².